The molecule has 0 aromatic rings. The highest BCUT2D eigenvalue weighted by atomic mass is 32.2. The van der Waals surface area contributed by atoms with Gasteiger partial charge in [0.25, 0.3) is 16.1 Å². The van der Waals surface area contributed by atoms with Crippen LogP contribution in [0.2, 0.25) is 0 Å². The first-order chi connectivity index (χ1) is 6.18. The Balaban J connectivity index is 4.13. The van der Waals surface area contributed by atoms with E-state index in [4.69, 9.17) is 5.11 Å². The molecule has 0 rings (SSSR count). The summed E-state index contributed by atoms with van der Waals surface area (Å²) < 4.78 is 50.5. The van der Waals surface area contributed by atoms with Gasteiger partial charge in [0.2, 0.25) is 0 Å². The topological polar surface area (TPSA) is 78.4 Å². The highest BCUT2D eigenvalue weighted by Crippen LogP contribution is 2.09. The van der Waals surface area contributed by atoms with Crippen LogP contribution in [0.15, 0.2) is 0 Å². The van der Waals surface area contributed by atoms with E-state index in [2.05, 4.69) is 4.72 Å². The van der Waals surface area contributed by atoms with Gasteiger partial charge < -0.3 is 5.11 Å². The minimum Gasteiger partial charge on any atom is -0.390 e. The Bertz CT molecular complexity index is 266. The van der Waals surface area contributed by atoms with E-state index in [-0.39, 0.29) is 6.04 Å². The summed E-state index contributed by atoms with van der Waals surface area (Å²) in [7, 11) is -3.92. The van der Waals surface area contributed by atoms with Crippen LogP contribution in [-0.4, -0.2) is 38.6 Å². The molecule has 0 fully saturated rings. The maximum Gasteiger partial charge on any atom is 0.283 e. The second kappa shape index (κ2) is 4.96. The molecule has 8 heteroatoms. The molecular formula is C6H14F2N2O3S. The Labute approximate surface area is 81.7 Å². The SMILES string of the molecule is CC(C)NS(=O)(=O)NCC(F)(F)CO. The number of hydrogen-bond acceptors (Lipinski definition) is 3. The van der Waals surface area contributed by atoms with Crippen LogP contribution >= 0.6 is 0 Å². The Morgan fingerprint density at radius 3 is 2.29 bits per heavy atom. The van der Waals surface area contributed by atoms with E-state index in [1.807, 2.05) is 0 Å². The fraction of sp³-hybridized carbons (Fsp3) is 1.00. The first kappa shape index (κ1) is 13.7. The van der Waals surface area contributed by atoms with E-state index in [1.165, 1.54) is 0 Å². The fourth-order valence-corrected chi connectivity index (χ4v) is 1.71. The van der Waals surface area contributed by atoms with Crippen molar-refractivity contribution < 1.29 is 22.3 Å². The van der Waals surface area contributed by atoms with Gasteiger partial charge in [0.1, 0.15) is 6.61 Å². The predicted octanol–water partition coefficient (Wildman–Crippen LogP) is -0.554. The van der Waals surface area contributed by atoms with Crippen LogP contribution in [0.3, 0.4) is 0 Å². The lowest BCUT2D eigenvalue weighted by molar-refractivity contribution is -0.0437. The van der Waals surface area contributed by atoms with Gasteiger partial charge in [0, 0.05) is 6.04 Å². The number of hydrogen-bond donors (Lipinski definition) is 3. The molecule has 0 aliphatic heterocycles. The van der Waals surface area contributed by atoms with Gasteiger partial charge in [-0.05, 0) is 13.8 Å². The van der Waals surface area contributed by atoms with Gasteiger partial charge >= 0.3 is 0 Å². The highest BCUT2D eigenvalue weighted by molar-refractivity contribution is 7.87. The molecule has 0 amide bonds. The molecule has 0 aliphatic rings. The lowest BCUT2D eigenvalue weighted by atomic mass is 10.4. The largest absolute Gasteiger partial charge is 0.390 e. The first-order valence-corrected chi connectivity index (χ1v) is 5.42. The van der Waals surface area contributed by atoms with Crippen molar-refractivity contribution in [2.45, 2.75) is 25.8 Å². The van der Waals surface area contributed by atoms with Crippen molar-refractivity contribution in [2.75, 3.05) is 13.2 Å². The van der Waals surface area contributed by atoms with Crippen molar-refractivity contribution in [3.63, 3.8) is 0 Å². The molecule has 0 aromatic heterocycles. The summed E-state index contributed by atoms with van der Waals surface area (Å²) in [5, 5.41) is 8.17. The van der Waals surface area contributed by atoms with E-state index in [1.54, 1.807) is 18.6 Å². The van der Waals surface area contributed by atoms with Crippen LogP contribution in [0.25, 0.3) is 0 Å². The molecule has 0 heterocycles. The normalized spacial score (nSPS) is 13.6. The van der Waals surface area contributed by atoms with Gasteiger partial charge in [0.15, 0.2) is 0 Å². The number of halogens is 2. The molecule has 0 aromatic carbocycles. The molecule has 0 atom stereocenters. The zero-order chi connectivity index (χ0) is 11.4. The minimum atomic E-state index is -3.92. The number of aliphatic hydroxyl groups excluding tert-OH is 1. The molecule has 0 saturated heterocycles. The Morgan fingerprint density at radius 2 is 1.93 bits per heavy atom. The van der Waals surface area contributed by atoms with Crippen molar-refractivity contribution in [3.8, 4) is 0 Å². The number of rotatable bonds is 6. The highest BCUT2D eigenvalue weighted by Gasteiger charge is 2.29. The van der Waals surface area contributed by atoms with Crippen LogP contribution in [0.1, 0.15) is 13.8 Å². The van der Waals surface area contributed by atoms with Crippen LogP contribution in [0, 0.1) is 0 Å². The Morgan fingerprint density at radius 1 is 1.43 bits per heavy atom. The van der Waals surface area contributed by atoms with Crippen LogP contribution in [-0.2, 0) is 10.2 Å². The summed E-state index contributed by atoms with van der Waals surface area (Å²) in [5.41, 5.74) is 0. The predicted molar refractivity (Wildman–Crippen MR) is 47.2 cm³/mol. The molecule has 0 unspecified atom stereocenters. The van der Waals surface area contributed by atoms with Crippen molar-refractivity contribution >= 4 is 10.2 Å². The maximum absolute atomic E-state index is 12.4. The zero-order valence-corrected chi connectivity index (χ0v) is 8.74. The molecule has 0 spiro atoms. The first-order valence-electron chi connectivity index (χ1n) is 3.94. The molecular weight excluding hydrogens is 218 g/mol. The monoisotopic (exact) mass is 232 g/mol. The molecule has 0 aliphatic carbocycles. The second-order valence-corrected chi connectivity index (χ2v) is 4.64. The van der Waals surface area contributed by atoms with Gasteiger partial charge in [-0.3, -0.25) is 0 Å². The summed E-state index contributed by atoms with van der Waals surface area (Å²) in [6.07, 6.45) is 0. The third-order valence-corrected chi connectivity index (χ3v) is 2.45. The molecule has 0 radical (unpaired) electrons. The van der Waals surface area contributed by atoms with Gasteiger partial charge in [-0.25, -0.2) is 8.78 Å². The smallest absolute Gasteiger partial charge is 0.283 e. The van der Waals surface area contributed by atoms with E-state index in [0.29, 0.717) is 0 Å². The van der Waals surface area contributed by atoms with E-state index in [9.17, 15) is 17.2 Å². The van der Waals surface area contributed by atoms with E-state index < -0.39 is 29.3 Å². The Hall–Kier alpha value is -0.310. The molecule has 0 bridgehead atoms. The summed E-state index contributed by atoms with van der Waals surface area (Å²) in [4.78, 5) is 0. The lowest BCUT2D eigenvalue weighted by Gasteiger charge is -2.15. The van der Waals surface area contributed by atoms with Crippen LogP contribution in [0.4, 0.5) is 8.78 Å². The van der Waals surface area contributed by atoms with E-state index >= 15 is 0 Å². The average molecular weight is 232 g/mol. The van der Waals surface area contributed by atoms with Crippen molar-refractivity contribution in [2.24, 2.45) is 0 Å². The zero-order valence-electron chi connectivity index (χ0n) is 7.92. The molecule has 14 heavy (non-hydrogen) atoms. The quantitative estimate of drug-likeness (QED) is 0.575. The lowest BCUT2D eigenvalue weighted by Crippen LogP contribution is -2.46. The van der Waals surface area contributed by atoms with Crippen molar-refractivity contribution in [3.05, 3.63) is 0 Å². The van der Waals surface area contributed by atoms with Crippen molar-refractivity contribution in [1.82, 2.24) is 9.44 Å². The van der Waals surface area contributed by atoms with E-state index in [0.717, 1.165) is 0 Å². The van der Waals surface area contributed by atoms with Crippen LogP contribution < -0.4 is 9.44 Å². The van der Waals surface area contributed by atoms with Gasteiger partial charge in [-0.15, -0.1) is 0 Å². The minimum absolute atomic E-state index is 0.379. The fourth-order valence-electron chi connectivity index (χ4n) is 0.608. The summed E-state index contributed by atoms with van der Waals surface area (Å²) in [6, 6.07) is -0.379. The average Bonchev–Trinajstić information content (AvgIpc) is 1.99. The molecule has 0 saturated carbocycles. The van der Waals surface area contributed by atoms with Gasteiger partial charge in [0.05, 0.1) is 6.54 Å². The van der Waals surface area contributed by atoms with Crippen LogP contribution in [0.5, 0.6) is 0 Å². The summed E-state index contributed by atoms with van der Waals surface area (Å²) >= 11 is 0. The number of aliphatic hydroxyl groups is 1. The summed E-state index contributed by atoms with van der Waals surface area (Å²) in [6.45, 7) is 0.607. The standard InChI is InChI=1S/C6H14F2N2O3S/c1-5(2)10-14(12,13)9-3-6(7,8)4-11/h5,9-11H,3-4H2,1-2H3. The number of nitrogens with one attached hydrogen (secondary N) is 2. The maximum atomic E-state index is 12.4. The van der Waals surface area contributed by atoms with Gasteiger partial charge in [-0.1, -0.05) is 0 Å². The molecule has 3 N–H and O–H groups in total. The Kier molecular flexibility index (Phi) is 4.85. The summed E-state index contributed by atoms with van der Waals surface area (Å²) in [5.74, 6) is -3.44. The molecule has 5 nitrogen and oxygen atoms in total. The number of alkyl halides is 2. The van der Waals surface area contributed by atoms with Crippen molar-refractivity contribution in [1.29, 1.82) is 0 Å². The van der Waals surface area contributed by atoms with Gasteiger partial charge in [-0.2, -0.15) is 17.9 Å². The molecule has 86 valence electrons. The third kappa shape index (κ3) is 6.19. The second-order valence-electron chi connectivity index (χ2n) is 3.11. The third-order valence-electron chi connectivity index (χ3n) is 1.14.